The summed E-state index contributed by atoms with van der Waals surface area (Å²) in [5.41, 5.74) is 2.03. The topological polar surface area (TPSA) is 68.4 Å². The molecule has 0 unspecified atom stereocenters. The van der Waals surface area contributed by atoms with Crippen LogP contribution in [0.5, 0.6) is 0 Å². The molecule has 1 aromatic carbocycles. The zero-order chi connectivity index (χ0) is 19.7. The van der Waals surface area contributed by atoms with Gasteiger partial charge in [0.05, 0.1) is 11.2 Å². The molecule has 7 heteroatoms. The monoisotopic (exact) mass is 444 g/mol. The Kier molecular flexibility index (Phi) is 5.44. The van der Waals surface area contributed by atoms with Crippen LogP contribution in [0.25, 0.3) is 10.9 Å². The van der Waals surface area contributed by atoms with Crippen LogP contribution < -0.4 is 5.32 Å². The summed E-state index contributed by atoms with van der Waals surface area (Å²) in [4.78, 5) is 32.3. The van der Waals surface area contributed by atoms with Crippen molar-refractivity contribution in [1.82, 2.24) is 20.1 Å². The molecule has 4 rings (SSSR count). The predicted molar refractivity (Wildman–Crippen MR) is 113 cm³/mol. The lowest BCUT2D eigenvalue weighted by Gasteiger charge is -2.36. The third-order valence-electron chi connectivity index (χ3n) is 5.74. The second-order valence-electron chi connectivity index (χ2n) is 7.57. The third kappa shape index (κ3) is 3.81. The molecule has 0 bridgehead atoms. The van der Waals surface area contributed by atoms with Gasteiger partial charge < -0.3 is 20.1 Å². The van der Waals surface area contributed by atoms with Crippen molar-refractivity contribution in [2.75, 3.05) is 26.2 Å². The second kappa shape index (κ2) is 7.99. The zero-order valence-electron chi connectivity index (χ0n) is 15.8. The first-order valence-electron chi connectivity index (χ1n) is 9.84. The number of benzene rings is 1. The van der Waals surface area contributed by atoms with Crippen LogP contribution in [0.3, 0.4) is 0 Å². The van der Waals surface area contributed by atoms with Crippen molar-refractivity contribution >= 4 is 38.6 Å². The van der Waals surface area contributed by atoms with Gasteiger partial charge in [0.15, 0.2) is 0 Å². The van der Waals surface area contributed by atoms with Gasteiger partial charge in [-0.05, 0) is 40.9 Å². The summed E-state index contributed by atoms with van der Waals surface area (Å²) >= 11 is 3.51. The number of rotatable bonds is 4. The van der Waals surface area contributed by atoms with E-state index in [2.05, 4.69) is 32.8 Å². The van der Waals surface area contributed by atoms with Gasteiger partial charge >= 0.3 is 0 Å². The maximum absolute atomic E-state index is 12.9. The van der Waals surface area contributed by atoms with E-state index in [0.29, 0.717) is 37.6 Å². The van der Waals surface area contributed by atoms with Crippen LogP contribution in [0.2, 0.25) is 0 Å². The number of hydrogen-bond donors (Lipinski definition) is 2. The lowest BCUT2D eigenvalue weighted by Crippen LogP contribution is -2.50. The van der Waals surface area contributed by atoms with Gasteiger partial charge in [-0.25, -0.2) is 0 Å². The summed E-state index contributed by atoms with van der Waals surface area (Å²) < 4.78 is 0.943. The minimum Gasteiger partial charge on any atom is -0.364 e. The highest BCUT2D eigenvalue weighted by Gasteiger charge is 2.27. The Labute approximate surface area is 173 Å². The molecule has 1 aliphatic carbocycles. The number of aromatic amines is 1. The lowest BCUT2D eigenvalue weighted by molar-refractivity contribution is -0.119. The number of halogens is 1. The van der Waals surface area contributed by atoms with Gasteiger partial charge in [-0.1, -0.05) is 31.6 Å². The first-order chi connectivity index (χ1) is 13.5. The van der Waals surface area contributed by atoms with Crippen molar-refractivity contribution in [3.05, 3.63) is 46.7 Å². The average Bonchev–Trinajstić information content (AvgIpc) is 3.37. The Bertz CT molecular complexity index is 908. The summed E-state index contributed by atoms with van der Waals surface area (Å²) in [5, 5.41) is 4.09. The van der Waals surface area contributed by atoms with E-state index >= 15 is 0 Å². The molecule has 2 fully saturated rings. The van der Waals surface area contributed by atoms with Gasteiger partial charge in [-0.2, -0.15) is 0 Å². The number of H-pyrrole nitrogens is 1. The standard InChI is InChI=1S/C21H25BrN4O2/c1-14(20(27)23-16-6-2-3-7-16)25-9-11-26(12-10-25)21(28)18-13-15-5-4-8-17(22)19(15)24-18/h4-5,8,13,16,24H,1-3,6-7,9-12H2,(H,23,27). The number of fused-ring (bicyclic) bond motifs is 1. The SMILES string of the molecule is C=C(C(=O)NC1CCCC1)N1CCN(C(=O)c2cc3cccc(Br)c3[nH]2)CC1. The third-order valence-corrected chi connectivity index (χ3v) is 6.40. The molecule has 1 aliphatic heterocycles. The highest BCUT2D eigenvalue weighted by molar-refractivity contribution is 9.10. The molecular formula is C21H25BrN4O2. The Hall–Kier alpha value is -2.28. The molecule has 2 aromatic rings. The van der Waals surface area contributed by atoms with Gasteiger partial charge in [0.1, 0.15) is 5.69 Å². The Morgan fingerprint density at radius 1 is 1.11 bits per heavy atom. The molecular weight excluding hydrogens is 420 g/mol. The first kappa shape index (κ1) is 19.1. The molecule has 2 amide bonds. The van der Waals surface area contributed by atoms with E-state index in [0.717, 1.165) is 28.2 Å². The number of nitrogens with zero attached hydrogens (tertiary/aromatic N) is 2. The van der Waals surface area contributed by atoms with Gasteiger partial charge in [-0.15, -0.1) is 0 Å². The highest BCUT2D eigenvalue weighted by Crippen LogP contribution is 2.25. The zero-order valence-corrected chi connectivity index (χ0v) is 17.4. The maximum Gasteiger partial charge on any atom is 0.270 e. The Balaban J connectivity index is 1.35. The normalized spacial score (nSPS) is 17.9. The van der Waals surface area contributed by atoms with E-state index in [4.69, 9.17) is 0 Å². The fraction of sp³-hybridized carbons (Fsp3) is 0.429. The molecule has 1 aromatic heterocycles. The van der Waals surface area contributed by atoms with Crippen molar-refractivity contribution in [2.24, 2.45) is 0 Å². The smallest absolute Gasteiger partial charge is 0.270 e. The number of hydrogen-bond acceptors (Lipinski definition) is 3. The van der Waals surface area contributed by atoms with Crippen LogP contribution in [0.4, 0.5) is 0 Å². The predicted octanol–water partition coefficient (Wildman–Crippen LogP) is 3.26. The molecule has 2 N–H and O–H groups in total. The molecule has 1 saturated carbocycles. The number of nitrogens with one attached hydrogen (secondary N) is 2. The van der Waals surface area contributed by atoms with E-state index in [1.54, 1.807) is 0 Å². The van der Waals surface area contributed by atoms with E-state index < -0.39 is 0 Å². The van der Waals surface area contributed by atoms with Crippen LogP contribution in [-0.4, -0.2) is 58.8 Å². The van der Waals surface area contributed by atoms with E-state index in [9.17, 15) is 9.59 Å². The molecule has 0 radical (unpaired) electrons. The van der Waals surface area contributed by atoms with Crippen LogP contribution in [0.1, 0.15) is 36.2 Å². The molecule has 148 valence electrons. The van der Waals surface area contributed by atoms with E-state index in [1.165, 1.54) is 12.8 Å². The molecule has 0 spiro atoms. The van der Waals surface area contributed by atoms with Crippen molar-refractivity contribution in [2.45, 2.75) is 31.7 Å². The minimum atomic E-state index is -0.0767. The number of carbonyl (C=O) groups is 2. The van der Waals surface area contributed by atoms with Crippen LogP contribution in [-0.2, 0) is 4.79 Å². The van der Waals surface area contributed by atoms with Crippen LogP contribution in [0, 0.1) is 0 Å². The van der Waals surface area contributed by atoms with E-state index in [-0.39, 0.29) is 17.9 Å². The van der Waals surface area contributed by atoms with Gasteiger partial charge in [0, 0.05) is 42.1 Å². The molecule has 6 nitrogen and oxygen atoms in total. The van der Waals surface area contributed by atoms with Crippen molar-refractivity contribution < 1.29 is 9.59 Å². The van der Waals surface area contributed by atoms with Gasteiger partial charge in [0.25, 0.3) is 11.8 Å². The largest absolute Gasteiger partial charge is 0.364 e. The van der Waals surface area contributed by atoms with Gasteiger partial charge in [0.2, 0.25) is 0 Å². The average molecular weight is 445 g/mol. The summed E-state index contributed by atoms with van der Waals surface area (Å²) in [6.07, 6.45) is 4.48. The molecule has 28 heavy (non-hydrogen) atoms. The first-order valence-corrected chi connectivity index (χ1v) is 10.6. The Morgan fingerprint density at radius 3 is 2.46 bits per heavy atom. The summed E-state index contributed by atoms with van der Waals surface area (Å²) in [7, 11) is 0. The quantitative estimate of drug-likeness (QED) is 0.710. The number of piperazine rings is 1. The number of amides is 2. The van der Waals surface area contributed by atoms with Crippen molar-refractivity contribution in [3.63, 3.8) is 0 Å². The number of aromatic nitrogens is 1. The van der Waals surface area contributed by atoms with Crippen LogP contribution >= 0.6 is 15.9 Å². The van der Waals surface area contributed by atoms with E-state index in [1.807, 2.05) is 34.1 Å². The number of para-hydroxylation sites is 1. The van der Waals surface area contributed by atoms with Crippen LogP contribution in [0.15, 0.2) is 41.0 Å². The van der Waals surface area contributed by atoms with Gasteiger partial charge in [-0.3, -0.25) is 9.59 Å². The fourth-order valence-corrected chi connectivity index (χ4v) is 4.55. The van der Waals surface area contributed by atoms with Crippen molar-refractivity contribution in [3.8, 4) is 0 Å². The minimum absolute atomic E-state index is 0.0104. The molecule has 0 atom stereocenters. The summed E-state index contributed by atoms with van der Waals surface area (Å²) in [6.45, 7) is 6.37. The summed E-state index contributed by atoms with van der Waals surface area (Å²) in [5.74, 6) is -0.0871. The second-order valence-corrected chi connectivity index (χ2v) is 8.42. The number of carbonyl (C=O) groups excluding carboxylic acids is 2. The maximum atomic E-state index is 12.9. The lowest BCUT2D eigenvalue weighted by atomic mass is 10.2. The highest BCUT2D eigenvalue weighted by atomic mass is 79.9. The fourth-order valence-electron chi connectivity index (χ4n) is 4.07. The van der Waals surface area contributed by atoms with Crippen molar-refractivity contribution in [1.29, 1.82) is 0 Å². The molecule has 2 heterocycles. The summed E-state index contributed by atoms with van der Waals surface area (Å²) in [6, 6.07) is 8.07. The Morgan fingerprint density at radius 2 is 1.79 bits per heavy atom. The molecule has 2 aliphatic rings. The molecule has 1 saturated heterocycles.